The van der Waals surface area contributed by atoms with Crippen molar-refractivity contribution in [3.05, 3.63) is 27.7 Å². The molecule has 1 saturated heterocycles. The second-order valence-corrected chi connectivity index (χ2v) is 5.86. The van der Waals surface area contributed by atoms with Crippen molar-refractivity contribution >= 4 is 15.9 Å². The quantitative estimate of drug-likeness (QED) is 0.820. The topological polar surface area (TPSA) is 35.5 Å². The molecular weight excluding hydrogens is 330 g/mol. The number of halogens is 3. The molecule has 20 heavy (non-hydrogen) atoms. The summed E-state index contributed by atoms with van der Waals surface area (Å²) in [5.41, 5.74) is 0.0700. The molecule has 2 rings (SSSR count). The maximum absolute atomic E-state index is 14.2. The highest BCUT2D eigenvalue weighted by Gasteiger charge is 2.29. The van der Waals surface area contributed by atoms with Crippen LogP contribution in [0.2, 0.25) is 0 Å². The normalized spacial score (nSPS) is 18.2. The van der Waals surface area contributed by atoms with Crippen LogP contribution in [0.15, 0.2) is 10.5 Å². The van der Waals surface area contributed by atoms with Gasteiger partial charge in [-0.2, -0.15) is 0 Å². The maximum atomic E-state index is 14.2. The number of hydrogen-bond donors (Lipinski definition) is 2. The molecule has 1 atom stereocenters. The van der Waals surface area contributed by atoms with Crippen LogP contribution < -0.4 is 5.32 Å². The Kier molecular flexibility index (Phi) is 5.35. The van der Waals surface area contributed by atoms with E-state index in [1.54, 1.807) is 0 Å². The van der Waals surface area contributed by atoms with Crippen molar-refractivity contribution in [2.75, 3.05) is 26.2 Å². The Morgan fingerprint density at radius 1 is 1.40 bits per heavy atom. The lowest BCUT2D eigenvalue weighted by atomic mass is 9.98. The average Bonchev–Trinajstić information content (AvgIpc) is 2.45. The molecule has 0 amide bonds. The smallest absolute Gasteiger partial charge is 0.167 e. The molecule has 0 aliphatic carbocycles. The molecule has 6 heteroatoms. The largest absolute Gasteiger partial charge is 0.506 e. The van der Waals surface area contributed by atoms with Crippen LogP contribution in [0.5, 0.6) is 5.75 Å². The summed E-state index contributed by atoms with van der Waals surface area (Å²) < 4.78 is 28.0. The predicted molar refractivity (Wildman–Crippen MR) is 77.8 cm³/mol. The highest BCUT2D eigenvalue weighted by atomic mass is 79.9. The van der Waals surface area contributed by atoms with Crippen LogP contribution >= 0.6 is 15.9 Å². The Balaban J connectivity index is 2.42. The summed E-state index contributed by atoms with van der Waals surface area (Å²) >= 11 is 3.09. The van der Waals surface area contributed by atoms with E-state index in [2.05, 4.69) is 26.1 Å². The van der Waals surface area contributed by atoms with Gasteiger partial charge in [0.25, 0.3) is 0 Å². The maximum Gasteiger partial charge on any atom is 0.167 e. The number of benzene rings is 1. The summed E-state index contributed by atoms with van der Waals surface area (Å²) in [5.74, 6) is -2.07. The minimum atomic E-state index is -0.942. The van der Waals surface area contributed by atoms with E-state index < -0.39 is 11.6 Å². The fraction of sp³-hybridized carbons (Fsp3) is 0.571. The summed E-state index contributed by atoms with van der Waals surface area (Å²) in [7, 11) is 0. The molecule has 0 aromatic heterocycles. The third-order valence-electron chi connectivity index (χ3n) is 3.67. The van der Waals surface area contributed by atoms with Gasteiger partial charge in [-0.3, -0.25) is 4.90 Å². The summed E-state index contributed by atoms with van der Waals surface area (Å²) in [6, 6.07) is 0.670. The third-order valence-corrected chi connectivity index (χ3v) is 4.27. The lowest BCUT2D eigenvalue weighted by Crippen LogP contribution is -2.45. The third kappa shape index (κ3) is 3.13. The zero-order valence-corrected chi connectivity index (χ0v) is 13.0. The first kappa shape index (κ1) is 15.7. The van der Waals surface area contributed by atoms with E-state index in [0.717, 1.165) is 38.7 Å². The fourth-order valence-electron chi connectivity index (χ4n) is 2.69. The highest BCUT2D eigenvalue weighted by Crippen LogP contribution is 2.39. The molecule has 0 spiro atoms. The number of nitrogens with one attached hydrogen (secondary N) is 1. The lowest BCUT2D eigenvalue weighted by molar-refractivity contribution is 0.157. The van der Waals surface area contributed by atoms with Crippen LogP contribution in [-0.2, 0) is 0 Å². The summed E-state index contributed by atoms with van der Waals surface area (Å²) in [5, 5.41) is 13.4. The molecular formula is C14H19BrF2N2O. The standard InChI is InChI=1S/C14H19BrF2N2O/c1-2-3-11(19-6-4-18-5-7-19)12-13(17)10(16)8-9(15)14(12)20/h8,11,18,20H,2-7H2,1H3/t11-/m1/s1. The number of phenolic OH excluding ortho intramolecular Hbond substituents is 1. The van der Waals surface area contributed by atoms with Crippen molar-refractivity contribution in [1.29, 1.82) is 0 Å². The summed E-state index contributed by atoms with van der Waals surface area (Å²) in [6.45, 7) is 5.16. The van der Waals surface area contributed by atoms with Gasteiger partial charge >= 0.3 is 0 Å². The van der Waals surface area contributed by atoms with Crippen LogP contribution in [0.25, 0.3) is 0 Å². The molecule has 1 aromatic carbocycles. The lowest BCUT2D eigenvalue weighted by Gasteiger charge is -2.35. The van der Waals surface area contributed by atoms with Crippen molar-refractivity contribution in [2.24, 2.45) is 0 Å². The molecule has 0 unspecified atom stereocenters. The van der Waals surface area contributed by atoms with Gasteiger partial charge in [0.2, 0.25) is 0 Å². The molecule has 1 aliphatic rings. The van der Waals surface area contributed by atoms with Gasteiger partial charge in [-0.15, -0.1) is 0 Å². The van der Waals surface area contributed by atoms with Gasteiger partial charge < -0.3 is 10.4 Å². The monoisotopic (exact) mass is 348 g/mol. The predicted octanol–water partition coefficient (Wildman–Crippen LogP) is 3.18. The van der Waals surface area contributed by atoms with Crippen LogP contribution in [0.3, 0.4) is 0 Å². The highest BCUT2D eigenvalue weighted by molar-refractivity contribution is 9.10. The van der Waals surface area contributed by atoms with Gasteiger partial charge in [0.05, 0.1) is 10.0 Å². The van der Waals surface area contributed by atoms with E-state index in [9.17, 15) is 13.9 Å². The minimum absolute atomic E-state index is 0.0700. The first-order valence-corrected chi connectivity index (χ1v) is 7.66. The Bertz CT molecular complexity index is 452. The zero-order chi connectivity index (χ0) is 14.7. The van der Waals surface area contributed by atoms with Gasteiger partial charge in [0.1, 0.15) is 5.75 Å². The number of piperazine rings is 1. The van der Waals surface area contributed by atoms with E-state index in [4.69, 9.17) is 0 Å². The first-order chi connectivity index (χ1) is 9.56. The Labute approximate surface area is 126 Å². The Hall–Kier alpha value is -0.720. The molecule has 1 fully saturated rings. The molecule has 3 nitrogen and oxygen atoms in total. The van der Waals surface area contributed by atoms with Gasteiger partial charge in [0.15, 0.2) is 11.6 Å². The molecule has 2 N–H and O–H groups in total. The van der Waals surface area contributed by atoms with Crippen molar-refractivity contribution in [3.63, 3.8) is 0 Å². The first-order valence-electron chi connectivity index (χ1n) is 6.87. The number of aromatic hydroxyl groups is 1. The van der Waals surface area contributed by atoms with Crippen molar-refractivity contribution in [2.45, 2.75) is 25.8 Å². The number of rotatable bonds is 4. The SMILES string of the molecule is CCC[C@H](c1c(O)c(Br)cc(F)c1F)N1CCNCC1. The van der Waals surface area contributed by atoms with Crippen LogP contribution in [-0.4, -0.2) is 36.2 Å². The van der Waals surface area contributed by atoms with Gasteiger partial charge in [-0.25, -0.2) is 8.78 Å². The van der Waals surface area contributed by atoms with Crippen LogP contribution in [0.1, 0.15) is 31.4 Å². The summed E-state index contributed by atoms with van der Waals surface area (Å²) in [6.07, 6.45) is 1.52. The molecule has 0 bridgehead atoms. The Morgan fingerprint density at radius 2 is 2.05 bits per heavy atom. The van der Waals surface area contributed by atoms with Gasteiger partial charge in [-0.1, -0.05) is 13.3 Å². The second-order valence-electron chi connectivity index (χ2n) is 5.01. The second kappa shape index (κ2) is 6.83. The molecule has 112 valence electrons. The van der Waals surface area contributed by atoms with Gasteiger partial charge in [-0.05, 0) is 28.4 Å². The average molecular weight is 349 g/mol. The van der Waals surface area contributed by atoms with E-state index >= 15 is 0 Å². The van der Waals surface area contributed by atoms with E-state index in [0.29, 0.717) is 6.42 Å². The van der Waals surface area contributed by atoms with E-state index in [1.807, 2.05) is 6.92 Å². The molecule has 1 heterocycles. The summed E-state index contributed by atoms with van der Waals surface area (Å²) in [4.78, 5) is 2.10. The number of phenols is 1. The number of nitrogens with zero attached hydrogens (tertiary/aromatic N) is 1. The van der Waals surface area contributed by atoms with Crippen LogP contribution in [0.4, 0.5) is 8.78 Å². The zero-order valence-electron chi connectivity index (χ0n) is 11.4. The van der Waals surface area contributed by atoms with Crippen LogP contribution in [0, 0.1) is 11.6 Å². The minimum Gasteiger partial charge on any atom is -0.506 e. The molecule has 1 aromatic rings. The van der Waals surface area contributed by atoms with E-state index in [-0.39, 0.29) is 21.8 Å². The van der Waals surface area contributed by atoms with Crippen molar-refractivity contribution < 1.29 is 13.9 Å². The fourth-order valence-corrected chi connectivity index (χ4v) is 3.10. The van der Waals surface area contributed by atoms with Crippen molar-refractivity contribution in [1.82, 2.24) is 10.2 Å². The number of hydrogen-bond acceptors (Lipinski definition) is 3. The molecule has 0 radical (unpaired) electrons. The van der Waals surface area contributed by atoms with E-state index in [1.165, 1.54) is 0 Å². The van der Waals surface area contributed by atoms with Gasteiger partial charge in [0, 0.05) is 32.2 Å². The van der Waals surface area contributed by atoms with Crippen molar-refractivity contribution in [3.8, 4) is 5.75 Å². The molecule has 0 saturated carbocycles. The molecule has 1 aliphatic heterocycles. The Morgan fingerprint density at radius 3 is 2.65 bits per heavy atom.